The van der Waals surface area contributed by atoms with E-state index in [0.717, 1.165) is 12.4 Å². The first-order chi connectivity index (χ1) is 5.85. The molecule has 0 unspecified atom stereocenters. The van der Waals surface area contributed by atoms with Gasteiger partial charge in [-0.3, -0.25) is 0 Å². The molecule has 0 radical (unpaired) electrons. The Balaban J connectivity index is 4.10. The summed E-state index contributed by atoms with van der Waals surface area (Å²) in [5, 5.41) is 0. The van der Waals surface area contributed by atoms with Crippen molar-refractivity contribution in [2.45, 2.75) is 26.4 Å². The largest absolute Gasteiger partial charge is 0.442 e. The van der Waals surface area contributed by atoms with Crippen molar-refractivity contribution in [2.24, 2.45) is 16.5 Å². The summed E-state index contributed by atoms with van der Waals surface area (Å²) >= 11 is 0. The minimum absolute atomic E-state index is 0.214. The molecule has 0 atom stereocenters. The Labute approximate surface area is 77.5 Å². The van der Waals surface area contributed by atoms with E-state index in [1.54, 1.807) is 20.8 Å². The Hall–Kier alpha value is -1.52. The zero-order chi connectivity index (χ0) is 10.5. The Bertz CT molecular complexity index is 238. The van der Waals surface area contributed by atoms with Crippen LogP contribution in [-0.4, -0.2) is 17.9 Å². The van der Waals surface area contributed by atoms with E-state index in [1.807, 2.05) is 0 Å². The molecule has 0 bridgehead atoms. The maximum atomic E-state index is 10.9. The number of rotatable bonds is 1. The molecular formula is C8H15N3O2. The number of carbonyl (C=O) groups excluding carboxylic acids is 1. The van der Waals surface area contributed by atoms with Crippen LogP contribution in [0.25, 0.3) is 0 Å². The SMILES string of the molecule is CC(C)(C)OC(=O)/N=C/C(N)=C\N. The number of hydrogen-bond donors (Lipinski definition) is 2. The van der Waals surface area contributed by atoms with Crippen molar-refractivity contribution in [2.75, 3.05) is 0 Å². The third-order valence-corrected chi connectivity index (χ3v) is 0.905. The van der Waals surface area contributed by atoms with Crippen molar-refractivity contribution in [3.05, 3.63) is 11.9 Å². The fourth-order valence-electron chi connectivity index (χ4n) is 0.459. The average Bonchev–Trinajstić information content (AvgIpc) is 1.97. The van der Waals surface area contributed by atoms with Gasteiger partial charge in [0.15, 0.2) is 0 Å². The number of aliphatic imine (C=N–C) groups is 1. The molecule has 5 nitrogen and oxygen atoms in total. The van der Waals surface area contributed by atoms with Gasteiger partial charge in [0.2, 0.25) is 0 Å². The lowest BCUT2D eigenvalue weighted by Crippen LogP contribution is -2.22. The standard InChI is InChI=1S/C8H15N3O2/c1-8(2,3)13-7(12)11-5-6(10)4-9/h4-5H,9-10H2,1-3H3/b6-4+,11-5+. The van der Waals surface area contributed by atoms with Crippen molar-refractivity contribution in [1.82, 2.24) is 0 Å². The summed E-state index contributed by atoms with van der Waals surface area (Å²) < 4.78 is 4.87. The van der Waals surface area contributed by atoms with E-state index < -0.39 is 11.7 Å². The fourth-order valence-corrected chi connectivity index (χ4v) is 0.459. The minimum Gasteiger partial charge on any atom is -0.442 e. The molecule has 4 N–H and O–H groups in total. The lowest BCUT2D eigenvalue weighted by atomic mass is 10.2. The van der Waals surface area contributed by atoms with E-state index in [2.05, 4.69) is 4.99 Å². The first-order valence-corrected chi connectivity index (χ1v) is 3.79. The van der Waals surface area contributed by atoms with E-state index >= 15 is 0 Å². The van der Waals surface area contributed by atoms with E-state index in [0.29, 0.717) is 0 Å². The molecule has 1 amide bonds. The molecule has 0 aromatic rings. The van der Waals surface area contributed by atoms with Gasteiger partial charge < -0.3 is 16.2 Å². The number of hydrogen-bond acceptors (Lipinski definition) is 4. The number of nitrogens with zero attached hydrogens (tertiary/aromatic N) is 1. The summed E-state index contributed by atoms with van der Waals surface area (Å²) in [6.07, 6.45) is 1.61. The lowest BCUT2D eigenvalue weighted by Gasteiger charge is -2.16. The average molecular weight is 185 g/mol. The second-order valence-electron chi connectivity index (χ2n) is 3.41. The van der Waals surface area contributed by atoms with Crippen molar-refractivity contribution < 1.29 is 9.53 Å². The van der Waals surface area contributed by atoms with Gasteiger partial charge in [-0.25, -0.2) is 4.79 Å². The third-order valence-electron chi connectivity index (χ3n) is 0.905. The Kier molecular flexibility index (Phi) is 3.97. The Morgan fingerprint density at radius 2 is 2.00 bits per heavy atom. The monoisotopic (exact) mass is 185 g/mol. The van der Waals surface area contributed by atoms with Crippen LogP contribution in [0.4, 0.5) is 4.79 Å². The van der Waals surface area contributed by atoms with Gasteiger partial charge in [0.1, 0.15) is 5.60 Å². The highest BCUT2D eigenvalue weighted by Gasteiger charge is 2.14. The molecule has 13 heavy (non-hydrogen) atoms. The number of nitrogens with two attached hydrogens (primary N) is 2. The normalized spacial score (nSPS) is 13.3. The smallest absolute Gasteiger partial charge is 0.434 e. The highest BCUT2D eigenvalue weighted by molar-refractivity contribution is 5.87. The summed E-state index contributed by atoms with van der Waals surface area (Å²) in [7, 11) is 0. The van der Waals surface area contributed by atoms with Crippen LogP contribution in [0.15, 0.2) is 16.9 Å². The summed E-state index contributed by atoms with van der Waals surface area (Å²) in [6, 6.07) is 0. The maximum Gasteiger partial charge on any atom is 0.434 e. The molecule has 5 heteroatoms. The van der Waals surface area contributed by atoms with Gasteiger partial charge in [-0.05, 0) is 20.8 Å². The second kappa shape index (κ2) is 4.49. The molecule has 0 spiro atoms. The van der Waals surface area contributed by atoms with Crippen LogP contribution in [0.1, 0.15) is 20.8 Å². The van der Waals surface area contributed by atoms with Crippen LogP contribution in [0.3, 0.4) is 0 Å². The second-order valence-corrected chi connectivity index (χ2v) is 3.41. The van der Waals surface area contributed by atoms with Gasteiger partial charge in [0.25, 0.3) is 0 Å². The molecule has 0 saturated carbocycles. The third kappa shape index (κ3) is 6.86. The van der Waals surface area contributed by atoms with Crippen molar-refractivity contribution in [3.63, 3.8) is 0 Å². The number of ether oxygens (including phenoxy) is 1. The predicted molar refractivity (Wildman–Crippen MR) is 51.2 cm³/mol. The van der Waals surface area contributed by atoms with Crippen LogP contribution in [-0.2, 0) is 4.74 Å². The molecule has 0 rings (SSSR count). The van der Waals surface area contributed by atoms with E-state index in [-0.39, 0.29) is 5.70 Å². The number of carbonyl (C=O) groups is 1. The maximum absolute atomic E-state index is 10.9. The molecule has 74 valence electrons. The van der Waals surface area contributed by atoms with E-state index in [1.165, 1.54) is 0 Å². The molecule has 0 heterocycles. The molecule has 0 saturated heterocycles. The number of allylic oxidation sites excluding steroid dienone is 1. The zero-order valence-electron chi connectivity index (χ0n) is 8.07. The van der Waals surface area contributed by atoms with Crippen molar-refractivity contribution in [1.29, 1.82) is 0 Å². The summed E-state index contributed by atoms with van der Waals surface area (Å²) in [5.74, 6) is 0. The van der Waals surface area contributed by atoms with Gasteiger partial charge in [0, 0.05) is 6.20 Å². The molecule has 0 aromatic carbocycles. The molecule has 0 aromatic heterocycles. The van der Waals surface area contributed by atoms with E-state index in [4.69, 9.17) is 16.2 Å². The van der Waals surface area contributed by atoms with E-state index in [9.17, 15) is 4.79 Å². The van der Waals surface area contributed by atoms with Crippen molar-refractivity contribution >= 4 is 12.3 Å². The minimum atomic E-state index is -0.683. The lowest BCUT2D eigenvalue weighted by molar-refractivity contribution is 0.0605. The topological polar surface area (TPSA) is 90.7 Å². The van der Waals surface area contributed by atoms with Gasteiger partial charge >= 0.3 is 6.09 Å². The van der Waals surface area contributed by atoms with Crippen LogP contribution >= 0.6 is 0 Å². The first-order valence-electron chi connectivity index (χ1n) is 3.79. The van der Waals surface area contributed by atoms with Gasteiger partial charge in [-0.1, -0.05) is 0 Å². The van der Waals surface area contributed by atoms with Crippen LogP contribution in [0, 0.1) is 0 Å². The van der Waals surface area contributed by atoms with Crippen LogP contribution in [0.2, 0.25) is 0 Å². The highest BCUT2D eigenvalue weighted by Crippen LogP contribution is 2.07. The molecule has 0 aliphatic heterocycles. The Morgan fingerprint density at radius 1 is 1.46 bits per heavy atom. The summed E-state index contributed by atoms with van der Waals surface area (Å²) in [6.45, 7) is 5.26. The fraction of sp³-hybridized carbons (Fsp3) is 0.500. The molecule has 0 aliphatic rings. The predicted octanol–water partition coefficient (Wildman–Crippen LogP) is 0.751. The zero-order valence-corrected chi connectivity index (χ0v) is 8.07. The Morgan fingerprint density at radius 3 is 2.38 bits per heavy atom. The van der Waals surface area contributed by atoms with Gasteiger partial charge in [-0.15, -0.1) is 0 Å². The van der Waals surface area contributed by atoms with Crippen LogP contribution in [0.5, 0.6) is 0 Å². The quantitative estimate of drug-likeness (QED) is 0.590. The number of amides is 1. The van der Waals surface area contributed by atoms with Gasteiger partial charge in [-0.2, -0.15) is 4.99 Å². The summed E-state index contributed by atoms with van der Waals surface area (Å²) in [5.41, 5.74) is 9.99. The summed E-state index contributed by atoms with van der Waals surface area (Å²) in [4.78, 5) is 14.4. The first kappa shape index (κ1) is 11.5. The van der Waals surface area contributed by atoms with Crippen LogP contribution < -0.4 is 11.5 Å². The van der Waals surface area contributed by atoms with Gasteiger partial charge in [0.05, 0.1) is 11.9 Å². The molecular weight excluding hydrogens is 170 g/mol. The highest BCUT2D eigenvalue weighted by atomic mass is 16.6. The molecule has 0 aliphatic carbocycles. The molecule has 0 fully saturated rings. The van der Waals surface area contributed by atoms with Crippen molar-refractivity contribution in [3.8, 4) is 0 Å².